The van der Waals surface area contributed by atoms with Gasteiger partial charge < -0.3 is 0 Å². The van der Waals surface area contributed by atoms with E-state index in [0.717, 1.165) is 6.42 Å². The average Bonchev–Trinajstić information content (AvgIpc) is 1.83. The van der Waals surface area contributed by atoms with Gasteiger partial charge in [-0.1, -0.05) is 26.7 Å². The van der Waals surface area contributed by atoms with Crippen LogP contribution in [0.1, 0.15) is 33.1 Å². The number of alkyl halides is 1. The molecular weight excluding hydrogens is 103 g/mol. The van der Waals surface area contributed by atoms with E-state index >= 15 is 0 Å². The molecule has 8 heavy (non-hydrogen) atoms. The Labute approximate surface area is 51.1 Å². The van der Waals surface area contributed by atoms with Crippen molar-refractivity contribution >= 4 is 0 Å². The van der Waals surface area contributed by atoms with Crippen LogP contribution < -0.4 is 0 Å². The maximum Gasteiger partial charge on any atom is 0.0919 e. The molecular formula is C7H15F. The van der Waals surface area contributed by atoms with Crippen LogP contribution in [0.5, 0.6) is 0 Å². The molecule has 0 nitrogen and oxygen atoms in total. The molecule has 0 aliphatic rings. The molecule has 0 amide bonds. The van der Waals surface area contributed by atoms with E-state index in [-0.39, 0.29) is 12.6 Å². The highest BCUT2D eigenvalue weighted by atomic mass is 19.1. The maximum absolute atomic E-state index is 11.7. The Balaban J connectivity index is 2.86. The third kappa shape index (κ3) is 4.10. The minimum atomic E-state index is -0.153. The summed E-state index contributed by atoms with van der Waals surface area (Å²) in [4.78, 5) is 0. The molecule has 0 N–H and O–H groups in total. The molecule has 1 unspecified atom stereocenters. The van der Waals surface area contributed by atoms with Crippen molar-refractivity contribution in [3.05, 3.63) is 0 Å². The van der Waals surface area contributed by atoms with Crippen LogP contribution in [0.3, 0.4) is 0 Å². The number of hydrogen-bond donors (Lipinski definition) is 0. The van der Waals surface area contributed by atoms with Gasteiger partial charge in [-0.15, -0.1) is 0 Å². The normalized spacial score (nSPS) is 13.9. The lowest BCUT2D eigenvalue weighted by atomic mass is 10.1. The fraction of sp³-hybridized carbons (Fsp3) is 1.00. The van der Waals surface area contributed by atoms with E-state index in [2.05, 4.69) is 6.92 Å². The van der Waals surface area contributed by atoms with E-state index < -0.39 is 0 Å². The second kappa shape index (κ2) is 5.07. The highest BCUT2D eigenvalue weighted by Gasteiger charge is 1.97. The van der Waals surface area contributed by atoms with Gasteiger partial charge in [0.15, 0.2) is 0 Å². The first kappa shape index (κ1) is 7.93. The van der Waals surface area contributed by atoms with Crippen molar-refractivity contribution in [1.29, 1.82) is 0 Å². The van der Waals surface area contributed by atoms with Gasteiger partial charge in [0.1, 0.15) is 0 Å². The molecule has 1 heteroatoms. The second-order valence-corrected chi connectivity index (χ2v) is 2.40. The van der Waals surface area contributed by atoms with Gasteiger partial charge in [-0.3, -0.25) is 4.39 Å². The molecule has 50 valence electrons. The topological polar surface area (TPSA) is 0 Å². The van der Waals surface area contributed by atoms with Gasteiger partial charge >= 0.3 is 0 Å². The summed E-state index contributed by atoms with van der Waals surface area (Å²) in [7, 11) is 0. The fourth-order valence-electron chi connectivity index (χ4n) is 0.630. The number of rotatable bonds is 4. The van der Waals surface area contributed by atoms with Crippen LogP contribution in [0.2, 0.25) is 0 Å². The van der Waals surface area contributed by atoms with Gasteiger partial charge in [0.25, 0.3) is 0 Å². The molecule has 0 spiro atoms. The van der Waals surface area contributed by atoms with Crippen LogP contribution in [0.25, 0.3) is 0 Å². The second-order valence-electron chi connectivity index (χ2n) is 2.40. The first-order valence-electron chi connectivity index (χ1n) is 3.37. The van der Waals surface area contributed by atoms with Crippen molar-refractivity contribution in [2.75, 3.05) is 6.67 Å². The number of hydrogen-bond acceptors (Lipinski definition) is 0. The zero-order chi connectivity index (χ0) is 6.41. The SMILES string of the molecule is CCCCC(C)CF. The molecule has 0 aromatic carbocycles. The Hall–Kier alpha value is -0.0700. The highest BCUT2D eigenvalue weighted by Crippen LogP contribution is 2.06. The first-order valence-corrected chi connectivity index (χ1v) is 3.37. The largest absolute Gasteiger partial charge is 0.251 e. The third-order valence-electron chi connectivity index (χ3n) is 1.31. The minimum absolute atomic E-state index is 0.153. The molecule has 0 heterocycles. The lowest BCUT2D eigenvalue weighted by molar-refractivity contribution is 0.359. The molecule has 0 fully saturated rings. The zero-order valence-electron chi connectivity index (χ0n) is 5.78. The summed E-state index contributed by atoms with van der Waals surface area (Å²) >= 11 is 0. The summed E-state index contributed by atoms with van der Waals surface area (Å²) in [5.74, 6) is 0.287. The molecule has 0 saturated heterocycles. The van der Waals surface area contributed by atoms with Gasteiger partial charge in [-0.25, -0.2) is 0 Å². The van der Waals surface area contributed by atoms with Crippen LogP contribution in [0, 0.1) is 5.92 Å². The van der Waals surface area contributed by atoms with E-state index in [1.54, 1.807) is 0 Å². The maximum atomic E-state index is 11.7. The minimum Gasteiger partial charge on any atom is -0.251 e. The predicted octanol–water partition coefficient (Wildman–Crippen LogP) is 2.78. The van der Waals surface area contributed by atoms with Crippen molar-refractivity contribution in [3.8, 4) is 0 Å². The Morgan fingerprint density at radius 2 is 2.12 bits per heavy atom. The first-order chi connectivity index (χ1) is 3.81. The van der Waals surface area contributed by atoms with Crippen molar-refractivity contribution in [2.24, 2.45) is 5.92 Å². The fourth-order valence-corrected chi connectivity index (χ4v) is 0.630. The van der Waals surface area contributed by atoms with E-state index in [4.69, 9.17) is 0 Å². The van der Waals surface area contributed by atoms with Crippen LogP contribution in [-0.4, -0.2) is 6.67 Å². The van der Waals surface area contributed by atoms with Gasteiger partial charge in [0, 0.05) is 0 Å². The van der Waals surface area contributed by atoms with Crippen LogP contribution in [-0.2, 0) is 0 Å². The highest BCUT2D eigenvalue weighted by molar-refractivity contribution is 4.48. The van der Waals surface area contributed by atoms with Gasteiger partial charge in [-0.05, 0) is 12.3 Å². The van der Waals surface area contributed by atoms with Crippen LogP contribution in [0.4, 0.5) is 4.39 Å². The molecule has 0 aromatic rings. The average molecular weight is 118 g/mol. The molecule has 0 aromatic heterocycles. The predicted molar refractivity (Wildman–Crippen MR) is 34.7 cm³/mol. The van der Waals surface area contributed by atoms with Crippen molar-refractivity contribution in [1.82, 2.24) is 0 Å². The smallest absolute Gasteiger partial charge is 0.0919 e. The van der Waals surface area contributed by atoms with E-state index in [9.17, 15) is 4.39 Å². The zero-order valence-corrected chi connectivity index (χ0v) is 5.78. The summed E-state index contributed by atoms with van der Waals surface area (Å²) < 4.78 is 11.7. The monoisotopic (exact) mass is 118 g/mol. The Kier molecular flexibility index (Phi) is 5.03. The van der Waals surface area contributed by atoms with Crippen LogP contribution >= 0.6 is 0 Å². The Morgan fingerprint density at radius 3 is 2.50 bits per heavy atom. The molecule has 0 saturated carbocycles. The lowest BCUT2D eigenvalue weighted by Gasteiger charge is -2.02. The van der Waals surface area contributed by atoms with E-state index in [1.807, 2.05) is 6.92 Å². The molecule has 0 bridgehead atoms. The molecule has 0 radical (unpaired) electrons. The molecule has 0 rings (SSSR count). The van der Waals surface area contributed by atoms with E-state index in [1.165, 1.54) is 12.8 Å². The quantitative estimate of drug-likeness (QED) is 0.532. The summed E-state index contributed by atoms with van der Waals surface area (Å²) in [6.45, 7) is 3.93. The summed E-state index contributed by atoms with van der Waals surface area (Å²) in [6, 6.07) is 0. The molecule has 0 aliphatic carbocycles. The standard InChI is InChI=1S/C7H15F/c1-3-4-5-7(2)6-8/h7H,3-6H2,1-2H3. The molecule has 1 atom stereocenters. The Bertz CT molecular complexity index is 43.7. The summed E-state index contributed by atoms with van der Waals surface area (Å²) in [5.41, 5.74) is 0. The number of halogens is 1. The lowest BCUT2D eigenvalue weighted by Crippen LogP contribution is -1.94. The van der Waals surface area contributed by atoms with Gasteiger partial charge in [-0.2, -0.15) is 0 Å². The Morgan fingerprint density at radius 1 is 1.50 bits per heavy atom. The number of unbranched alkanes of at least 4 members (excludes halogenated alkanes) is 1. The van der Waals surface area contributed by atoms with Crippen molar-refractivity contribution < 1.29 is 4.39 Å². The summed E-state index contributed by atoms with van der Waals surface area (Å²) in [5, 5.41) is 0. The van der Waals surface area contributed by atoms with Crippen molar-refractivity contribution in [2.45, 2.75) is 33.1 Å². The van der Waals surface area contributed by atoms with Gasteiger partial charge in [0.2, 0.25) is 0 Å². The third-order valence-corrected chi connectivity index (χ3v) is 1.31. The summed E-state index contributed by atoms with van der Waals surface area (Å²) in [6.07, 6.45) is 3.41. The molecule has 0 aliphatic heterocycles. The van der Waals surface area contributed by atoms with Crippen LogP contribution in [0.15, 0.2) is 0 Å². The van der Waals surface area contributed by atoms with Crippen molar-refractivity contribution in [3.63, 3.8) is 0 Å². The van der Waals surface area contributed by atoms with Gasteiger partial charge in [0.05, 0.1) is 6.67 Å². The van der Waals surface area contributed by atoms with E-state index in [0.29, 0.717) is 0 Å².